The second-order valence-electron chi connectivity index (χ2n) is 6.23. The number of nitrogens with zero attached hydrogens (tertiary/aromatic N) is 4. The number of benzene rings is 1. The zero-order valence-corrected chi connectivity index (χ0v) is 15.4. The quantitative estimate of drug-likeness (QED) is 0.659. The Kier molecular flexibility index (Phi) is 7.67. The van der Waals surface area contributed by atoms with Gasteiger partial charge in [-0.3, -0.25) is 0 Å². The lowest BCUT2D eigenvalue weighted by Crippen LogP contribution is -2.13. The maximum atomic E-state index is 12.9. The molecule has 1 heterocycles. The Morgan fingerprint density at radius 2 is 1.52 bits per heavy atom. The molecule has 0 N–H and O–H groups in total. The first kappa shape index (κ1) is 23.2. The van der Waals surface area contributed by atoms with Crippen molar-refractivity contribution in [2.24, 2.45) is 0 Å². The van der Waals surface area contributed by atoms with E-state index in [2.05, 4.69) is 10.3 Å². The van der Waals surface area contributed by atoms with E-state index in [1.54, 1.807) is 0 Å². The minimum atomic E-state index is -4.87. The van der Waals surface area contributed by atoms with Gasteiger partial charge in [-0.1, -0.05) is 5.21 Å². The molecule has 1 aromatic heterocycles. The van der Waals surface area contributed by atoms with Crippen LogP contribution in [0.2, 0.25) is 0 Å². The second-order valence-corrected chi connectivity index (χ2v) is 6.23. The molecule has 2 aromatic rings. The number of aryl methyl sites for hydroxylation is 1. The normalized spacial score (nSPS) is 12.3. The van der Waals surface area contributed by atoms with E-state index in [0.717, 1.165) is 13.0 Å². The van der Waals surface area contributed by atoms with Gasteiger partial charge < -0.3 is 4.90 Å². The van der Waals surface area contributed by atoms with Gasteiger partial charge in [0.25, 0.3) is 0 Å². The molecule has 0 aliphatic heterocycles. The summed E-state index contributed by atoms with van der Waals surface area (Å²) < 4.78 is 78.5. The van der Waals surface area contributed by atoms with Crippen LogP contribution >= 0.6 is 12.4 Å². The van der Waals surface area contributed by atoms with Gasteiger partial charge >= 0.3 is 12.4 Å². The van der Waals surface area contributed by atoms with Crippen molar-refractivity contribution in [2.45, 2.75) is 31.7 Å². The molecule has 0 fully saturated rings. The third-order valence-corrected chi connectivity index (χ3v) is 3.62. The predicted molar refractivity (Wildman–Crippen MR) is 89.7 cm³/mol. The summed E-state index contributed by atoms with van der Waals surface area (Å²) in [4.78, 5) is 1.99. The Morgan fingerprint density at radius 1 is 0.963 bits per heavy atom. The molecule has 0 bridgehead atoms. The first-order valence-electron chi connectivity index (χ1n) is 7.77. The van der Waals surface area contributed by atoms with Crippen molar-refractivity contribution < 1.29 is 26.3 Å². The van der Waals surface area contributed by atoms with Crippen LogP contribution in [0.1, 0.15) is 28.8 Å². The Labute approximate surface area is 158 Å². The molecule has 0 atom stereocenters. The number of halogens is 7. The maximum absolute atomic E-state index is 12.9. The molecule has 0 aliphatic carbocycles. The fourth-order valence-corrected chi connectivity index (χ4v) is 2.40. The summed E-state index contributed by atoms with van der Waals surface area (Å²) >= 11 is 0. The van der Waals surface area contributed by atoms with Crippen LogP contribution < -0.4 is 0 Å². The molecule has 0 saturated carbocycles. The van der Waals surface area contributed by atoms with E-state index in [4.69, 9.17) is 0 Å². The van der Waals surface area contributed by atoms with E-state index >= 15 is 0 Å². The van der Waals surface area contributed by atoms with E-state index in [9.17, 15) is 26.3 Å². The molecular formula is C16H19ClF6N4. The minimum absolute atomic E-state index is 0. The van der Waals surface area contributed by atoms with E-state index in [1.807, 2.05) is 19.0 Å². The Hall–Kier alpha value is -1.81. The largest absolute Gasteiger partial charge is 0.416 e. The lowest BCUT2D eigenvalue weighted by molar-refractivity contribution is -0.143. The number of aromatic nitrogens is 3. The molecule has 0 unspecified atom stereocenters. The molecule has 11 heteroatoms. The van der Waals surface area contributed by atoms with Crippen molar-refractivity contribution in [3.05, 3.63) is 46.8 Å². The molecule has 2 rings (SSSR count). The third-order valence-electron chi connectivity index (χ3n) is 3.62. The van der Waals surface area contributed by atoms with Gasteiger partial charge in [0.15, 0.2) is 0 Å². The summed E-state index contributed by atoms with van der Waals surface area (Å²) in [6.07, 6.45) is -6.77. The third kappa shape index (κ3) is 7.02. The number of hydrogen-bond acceptors (Lipinski definition) is 3. The highest BCUT2D eigenvalue weighted by atomic mass is 35.5. The summed E-state index contributed by atoms with van der Waals surface area (Å²) in [6, 6.07) is 1.50. The van der Waals surface area contributed by atoms with Gasteiger partial charge in [0.1, 0.15) is 0 Å². The van der Waals surface area contributed by atoms with Gasteiger partial charge in [-0.25, -0.2) is 4.68 Å². The van der Waals surface area contributed by atoms with Gasteiger partial charge in [0.2, 0.25) is 0 Å². The average Bonchev–Trinajstić information content (AvgIpc) is 2.92. The highest BCUT2D eigenvalue weighted by molar-refractivity contribution is 5.85. The van der Waals surface area contributed by atoms with Crippen LogP contribution in [0, 0.1) is 0 Å². The molecule has 1 aromatic carbocycles. The van der Waals surface area contributed by atoms with Crippen LogP contribution in [-0.4, -0.2) is 40.5 Å². The van der Waals surface area contributed by atoms with Crippen LogP contribution in [0.5, 0.6) is 0 Å². The first-order valence-corrected chi connectivity index (χ1v) is 7.77. The highest BCUT2D eigenvalue weighted by Crippen LogP contribution is 2.36. The van der Waals surface area contributed by atoms with Crippen molar-refractivity contribution in [3.63, 3.8) is 0 Å². The molecule has 27 heavy (non-hydrogen) atoms. The minimum Gasteiger partial charge on any atom is -0.309 e. The monoisotopic (exact) mass is 416 g/mol. The summed E-state index contributed by atoms with van der Waals surface area (Å²) in [5.41, 5.74) is -2.19. The lowest BCUT2D eigenvalue weighted by Gasteiger charge is -2.14. The molecule has 0 amide bonds. The van der Waals surface area contributed by atoms with Crippen LogP contribution in [0.4, 0.5) is 26.3 Å². The zero-order chi connectivity index (χ0) is 19.5. The van der Waals surface area contributed by atoms with Crippen LogP contribution in [0.25, 0.3) is 0 Å². The predicted octanol–water partition coefficient (Wildman–Crippen LogP) is 4.28. The zero-order valence-electron chi connectivity index (χ0n) is 14.6. The maximum Gasteiger partial charge on any atom is 0.416 e. The van der Waals surface area contributed by atoms with E-state index in [1.165, 1.54) is 10.9 Å². The van der Waals surface area contributed by atoms with Gasteiger partial charge in [0, 0.05) is 6.20 Å². The lowest BCUT2D eigenvalue weighted by atomic mass is 10.0. The fourth-order valence-electron chi connectivity index (χ4n) is 2.40. The van der Waals surface area contributed by atoms with Crippen molar-refractivity contribution in [1.29, 1.82) is 0 Å². The van der Waals surface area contributed by atoms with Gasteiger partial charge in [-0.15, -0.1) is 17.5 Å². The average molecular weight is 417 g/mol. The Bertz CT molecular complexity index is 707. The molecule has 0 saturated heterocycles. The van der Waals surface area contributed by atoms with Gasteiger partial charge in [-0.05, 0) is 57.2 Å². The highest BCUT2D eigenvalue weighted by Gasteiger charge is 2.36. The SMILES string of the molecule is CN(C)CCCc1cn(Cc2cc(C(F)(F)F)cc(C(F)(F)F)c2)nn1.Cl. The molecule has 0 radical (unpaired) electrons. The number of hydrogen-bond donors (Lipinski definition) is 0. The van der Waals surface area contributed by atoms with Crippen LogP contribution in [0.15, 0.2) is 24.4 Å². The number of rotatable bonds is 6. The van der Waals surface area contributed by atoms with Crippen molar-refractivity contribution in [1.82, 2.24) is 19.9 Å². The summed E-state index contributed by atoms with van der Waals surface area (Å²) in [6.45, 7) is 0.600. The van der Waals surface area contributed by atoms with Crippen molar-refractivity contribution >= 4 is 12.4 Å². The van der Waals surface area contributed by atoms with Gasteiger partial charge in [0.05, 0.1) is 23.4 Å². The summed E-state index contributed by atoms with van der Waals surface area (Å²) in [7, 11) is 3.84. The molecule has 0 aliphatic rings. The molecule has 4 nitrogen and oxygen atoms in total. The van der Waals surface area contributed by atoms with Gasteiger partial charge in [-0.2, -0.15) is 26.3 Å². The topological polar surface area (TPSA) is 34.0 Å². The van der Waals surface area contributed by atoms with E-state index < -0.39 is 23.5 Å². The van der Waals surface area contributed by atoms with E-state index in [-0.39, 0.29) is 30.6 Å². The Balaban J connectivity index is 0.00000364. The van der Waals surface area contributed by atoms with E-state index in [0.29, 0.717) is 24.2 Å². The first-order chi connectivity index (χ1) is 11.9. The molecular weight excluding hydrogens is 398 g/mol. The fraction of sp³-hybridized carbons (Fsp3) is 0.500. The summed E-state index contributed by atoms with van der Waals surface area (Å²) in [5, 5.41) is 7.69. The van der Waals surface area contributed by atoms with Crippen molar-refractivity contribution in [3.8, 4) is 0 Å². The molecule has 152 valence electrons. The Morgan fingerprint density at radius 3 is 2.00 bits per heavy atom. The number of alkyl halides is 6. The van der Waals surface area contributed by atoms with Crippen LogP contribution in [0.3, 0.4) is 0 Å². The standard InChI is InChI=1S/C16H18F6N4.ClH/c1-25(2)5-3-4-14-10-26(24-23-14)9-11-6-12(15(17,18)19)8-13(7-11)16(20,21)22;/h6-8,10H,3-5,9H2,1-2H3;1H. The second kappa shape index (κ2) is 8.92. The molecule has 0 spiro atoms. The van der Waals surface area contributed by atoms with Crippen molar-refractivity contribution in [2.75, 3.05) is 20.6 Å². The smallest absolute Gasteiger partial charge is 0.309 e. The summed E-state index contributed by atoms with van der Waals surface area (Å²) in [5.74, 6) is 0. The van der Waals surface area contributed by atoms with Crippen LogP contribution in [-0.2, 0) is 25.3 Å².